The highest BCUT2D eigenvalue weighted by Crippen LogP contribution is 2.21. The van der Waals surface area contributed by atoms with Crippen LogP contribution in [0.4, 0.5) is 0 Å². The fourth-order valence-corrected chi connectivity index (χ4v) is 2.62. The molecule has 1 rings (SSSR count). The molecular weight excluding hydrogens is 198 g/mol. The van der Waals surface area contributed by atoms with Gasteiger partial charge in [-0.2, -0.15) is 0 Å². The highest BCUT2D eigenvalue weighted by Gasteiger charge is 2.25. The van der Waals surface area contributed by atoms with Gasteiger partial charge in [-0.05, 0) is 38.0 Å². The Bertz CT molecular complexity index is 191. The molecule has 3 atom stereocenters. The zero-order valence-electron chi connectivity index (χ0n) is 11.6. The van der Waals surface area contributed by atoms with Crippen molar-refractivity contribution in [1.82, 2.24) is 5.32 Å². The van der Waals surface area contributed by atoms with Gasteiger partial charge in [-0.15, -0.1) is 0 Å². The van der Waals surface area contributed by atoms with Crippen LogP contribution in [0.1, 0.15) is 53.9 Å². The largest absolute Gasteiger partial charge is 0.378 e. The van der Waals surface area contributed by atoms with Crippen molar-refractivity contribution in [3.8, 4) is 0 Å². The SMILES string of the molecule is CC(C)CC(C)NC1CCOC(C(C)C)C1. The Balaban J connectivity index is 2.31. The van der Waals surface area contributed by atoms with E-state index in [1.54, 1.807) is 0 Å². The molecular formula is C14H29NO. The van der Waals surface area contributed by atoms with Crippen LogP contribution in [0.3, 0.4) is 0 Å². The quantitative estimate of drug-likeness (QED) is 0.778. The van der Waals surface area contributed by atoms with Crippen LogP contribution >= 0.6 is 0 Å². The summed E-state index contributed by atoms with van der Waals surface area (Å²) in [4.78, 5) is 0. The molecule has 2 nitrogen and oxygen atoms in total. The lowest BCUT2D eigenvalue weighted by molar-refractivity contribution is -0.0259. The van der Waals surface area contributed by atoms with Crippen LogP contribution < -0.4 is 5.32 Å². The molecule has 0 aromatic rings. The molecule has 0 saturated carbocycles. The molecule has 1 saturated heterocycles. The molecule has 0 radical (unpaired) electrons. The lowest BCUT2D eigenvalue weighted by Gasteiger charge is -2.34. The van der Waals surface area contributed by atoms with Gasteiger partial charge in [0.1, 0.15) is 0 Å². The van der Waals surface area contributed by atoms with Crippen molar-refractivity contribution in [2.24, 2.45) is 11.8 Å². The van der Waals surface area contributed by atoms with Gasteiger partial charge in [-0.25, -0.2) is 0 Å². The van der Waals surface area contributed by atoms with Crippen LogP contribution in [0.25, 0.3) is 0 Å². The molecule has 16 heavy (non-hydrogen) atoms. The molecule has 1 heterocycles. The zero-order valence-corrected chi connectivity index (χ0v) is 11.6. The van der Waals surface area contributed by atoms with Crippen LogP contribution in [-0.2, 0) is 4.74 Å². The van der Waals surface area contributed by atoms with Gasteiger partial charge >= 0.3 is 0 Å². The molecule has 0 bridgehead atoms. The molecule has 3 unspecified atom stereocenters. The number of nitrogens with one attached hydrogen (secondary N) is 1. The van der Waals surface area contributed by atoms with E-state index in [0.717, 1.165) is 12.5 Å². The lowest BCUT2D eigenvalue weighted by Crippen LogP contribution is -2.44. The van der Waals surface area contributed by atoms with Crippen LogP contribution in [0, 0.1) is 11.8 Å². The van der Waals surface area contributed by atoms with Gasteiger partial charge in [-0.1, -0.05) is 27.7 Å². The topological polar surface area (TPSA) is 21.3 Å². The highest BCUT2D eigenvalue weighted by molar-refractivity contribution is 4.80. The van der Waals surface area contributed by atoms with Crippen molar-refractivity contribution in [1.29, 1.82) is 0 Å². The summed E-state index contributed by atoms with van der Waals surface area (Å²) in [5.74, 6) is 1.42. The highest BCUT2D eigenvalue weighted by atomic mass is 16.5. The van der Waals surface area contributed by atoms with Crippen LogP contribution in [-0.4, -0.2) is 24.8 Å². The molecule has 96 valence electrons. The molecule has 0 aromatic heterocycles. The minimum Gasteiger partial charge on any atom is -0.378 e. The molecule has 1 N–H and O–H groups in total. The number of ether oxygens (including phenoxy) is 1. The summed E-state index contributed by atoms with van der Waals surface area (Å²) in [6.07, 6.45) is 4.08. The second-order valence-corrected chi connectivity index (χ2v) is 6.07. The Morgan fingerprint density at radius 1 is 1.19 bits per heavy atom. The second-order valence-electron chi connectivity index (χ2n) is 6.07. The first-order valence-electron chi connectivity index (χ1n) is 6.86. The average Bonchev–Trinajstić information content (AvgIpc) is 2.16. The third-order valence-electron chi connectivity index (χ3n) is 3.40. The average molecular weight is 227 g/mol. The minimum atomic E-state index is 0.456. The van der Waals surface area contributed by atoms with Gasteiger partial charge in [0.25, 0.3) is 0 Å². The van der Waals surface area contributed by atoms with E-state index >= 15 is 0 Å². The Morgan fingerprint density at radius 3 is 2.44 bits per heavy atom. The Labute approximate surface area is 101 Å². The number of hydrogen-bond acceptors (Lipinski definition) is 2. The predicted molar refractivity (Wildman–Crippen MR) is 69.7 cm³/mol. The standard InChI is InChI=1S/C14H29NO/c1-10(2)8-12(5)15-13-6-7-16-14(9-13)11(3)4/h10-15H,6-9H2,1-5H3. The van der Waals surface area contributed by atoms with Gasteiger partial charge in [0.05, 0.1) is 6.10 Å². The van der Waals surface area contributed by atoms with E-state index in [2.05, 4.69) is 39.9 Å². The zero-order chi connectivity index (χ0) is 12.1. The van der Waals surface area contributed by atoms with E-state index in [1.165, 1.54) is 19.3 Å². The summed E-state index contributed by atoms with van der Waals surface area (Å²) in [7, 11) is 0. The van der Waals surface area contributed by atoms with Crippen molar-refractivity contribution in [2.75, 3.05) is 6.61 Å². The predicted octanol–water partition coefficient (Wildman–Crippen LogP) is 3.21. The van der Waals surface area contributed by atoms with Gasteiger partial charge in [-0.3, -0.25) is 0 Å². The van der Waals surface area contributed by atoms with Crippen LogP contribution in [0.15, 0.2) is 0 Å². The molecule has 0 aliphatic carbocycles. The normalized spacial score (nSPS) is 28.7. The van der Waals surface area contributed by atoms with Gasteiger partial charge < -0.3 is 10.1 Å². The van der Waals surface area contributed by atoms with Crippen LogP contribution in [0.5, 0.6) is 0 Å². The molecule has 2 heteroatoms. The van der Waals surface area contributed by atoms with Gasteiger partial charge in [0.2, 0.25) is 0 Å². The summed E-state index contributed by atoms with van der Waals surface area (Å²) in [5.41, 5.74) is 0. The van der Waals surface area contributed by atoms with E-state index in [4.69, 9.17) is 4.74 Å². The summed E-state index contributed by atoms with van der Waals surface area (Å²) < 4.78 is 5.79. The maximum atomic E-state index is 5.79. The maximum Gasteiger partial charge on any atom is 0.0612 e. The van der Waals surface area contributed by atoms with Crippen molar-refractivity contribution >= 4 is 0 Å². The maximum absolute atomic E-state index is 5.79. The first kappa shape index (κ1) is 14.0. The molecule has 1 aliphatic rings. The molecule has 1 aliphatic heterocycles. The fraction of sp³-hybridized carbons (Fsp3) is 1.00. The Kier molecular flexibility index (Phi) is 5.77. The van der Waals surface area contributed by atoms with Gasteiger partial charge in [0, 0.05) is 18.7 Å². The Hall–Kier alpha value is -0.0800. The first-order valence-corrected chi connectivity index (χ1v) is 6.86. The lowest BCUT2D eigenvalue weighted by atomic mass is 9.94. The Morgan fingerprint density at radius 2 is 1.88 bits per heavy atom. The summed E-state index contributed by atoms with van der Waals surface area (Å²) >= 11 is 0. The van der Waals surface area contributed by atoms with Crippen LogP contribution in [0.2, 0.25) is 0 Å². The van der Waals surface area contributed by atoms with E-state index in [9.17, 15) is 0 Å². The van der Waals surface area contributed by atoms with E-state index in [0.29, 0.717) is 24.1 Å². The first-order chi connectivity index (χ1) is 7.49. The number of rotatable bonds is 5. The van der Waals surface area contributed by atoms with Crippen molar-refractivity contribution in [3.05, 3.63) is 0 Å². The van der Waals surface area contributed by atoms with E-state index in [-0.39, 0.29) is 0 Å². The molecule has 0 spiro atoms. The summed E-state index contributed by atoms with van der Waals surface area (Å²) in [6.45, 7) is 12.3. The second kappa shape index (κ2) is 6.61. The van der Waals surface area contributed by atoms with Crippen molar-refractivity contribution in [3.63, 3.8) is 0 Å². The molecule has 0 aromatic carbocycles. The molecule has 0 amide bonds. The summed E-state index contributed by atoms with van der Waals surface area (Å²) in [5, 5.41) is 3.76. The smallest absolute Gasteiger partial charge is 0.0612 e. The van der Waals surface area contributed by atoms with Gasteiger partial charge in [0.15, 0.2) is 0 Å². The van der Waals surface area contributed by atoms with E-state index in [1.807, 2.05) is 0 Å². The monoisotopic (exact) mass is 227 g/mol. The fourth-order valence-electron chi connectivity index (χ4n) is 2.62. The van der Waals surface area contributed by atoms with Crippen molar-refractivity contribution < 1.29 is 4.74 Å². The third-order valence-corrected chi connectivity index (χ3v) is 3.40. The van der Waals surface area contributed by atoms with Crippen molar-refractivity contribution in [2.45, 2.75) is 72.1 Å². The number of hydrogen-bond donors (Lipinski definition) is 1. The minimum absolute atomic E-state index is 0.456. The molecule has 1 fully saturated rings. The summed E-state index contributed by atoms with van der Waals surface area (Å²) in [6, 6.07) is 1.30. The third kappa shape index (κ3) is 4.84. The van der Waals surface area contributed by atoms with E-state index < -0.39 is 0 Å².